The zero-order valence-electron chi connectivity index (χ0n) is 14.9. The summed E-state index contributed by atoms with van der Waals surface area (Å²) in [6, 6.07) is 14.1. The van der Waals surface area contributed by atoms with Gasteiger partial charge in [-0.2, -0.15) is 5.10 Å². The summed E-state index contributed by atoms with van der Waals surface area (Å²) in [5.74, 6) is 0. The van der Waals surface area contributed by atoms with E-state index in [9.17, 15) is 0 Å². The van der Waals surface area contributed by atoms with Gasteiger partial charge in [-0.25, -0.2) is 0 Å². The lowest BCUT2D eigenvalue weighted by atomic mass is 10.1. The summed E-state index contributed by atoms with van der Waals surface area (Å²) < 4.78 is 2.04. The van der Waals surface area contributed by atoms with E-state index in [0.717, 1.165) is 25.2 Å². The first kappa shape index (κ1) is 16.6. The molecule has 25 heavy (non-hydrogen) atoms. The van der Waals surface area contributed by atoms with Crippen molar-refractivity contribution in [1.29, 1.82) is 0 Å². The quantitative estimate of drug-likeness (QED) is 0.776. The second-order valence-electron chi connectivity index (χ2n) is 7.18. The molecule has 0 N–H and O–H groups in total. The van der Waals surface area contributed by atoms with Gasteiger partial charge in [-0.3, -0.25) is 14.5 Å². The fourth-order valence-electron chi connectivity index (χ4n) is 4.43. The molecule has 4 nitrogen and oxygen atoms in total. The average Bonchev–Trinajstić information content (AvgIpc) is 3.36. The second-order valence-corrected chi connectivity index (χ2v) is 7.18. The van der Waals surface area contributed by atoms with Crippen molar-refractivity contribution in [2.75, 3.05) is 26.2 Å². The molecule has 0 bridgehead atoms. The summed E-state index contributed by atoms with van der Waals surface area (Å²) in [6.07, 6.45) is 12.4. The average molecular weight is 336 g/mol. The van der Waals surface area contributed by atoms with Crippen LogP contribution in [0.25, 0.3) is 6.08 Å². The number of hydrogen-bond acceptors (Lipinski definition) is 3. The molecule has 1 aromatic heterocycles. The lowest BCUT2D eigenvalue weighted by Crippen LogP contribution is -2.37. The number of benzene rings is 1. The van der Waals surface area contributed by atoms with Crippen LogP contribution >= 0.6 is 0 Å². The molecule has 2 aliphatic heterocycles. The lowest BCUT2D eigenvalue weighted by molar-refractivity contribution is 0.226. The molecule has 1 aromatic carbocycles. The Kier molecular flexibility index (Phi) is 5.28. The Morgan fingerprint density at radius 3 is 2.56 bits per heavy atom. The van der Waals surface area contributed by atoms with Crippen LogP contribution in [0.15, 0.2) is 54.9 Å². The van der Waals surface area contributed by atoms with Crippen LogP contribution in [0.1, 0.15) is 24.8 Å². The minimum absolute atomic E-state index is 0.755. The summed E-state index contributed by atoms with van der Waals surface area (Å²) in [6.45, 7) is 5.81. The molecule has 0 unspecified atom stereocenters. The highest BCUT2D eigenvalue weighted by Crippen LogP contribution is 2.31. The van der Waals surface area contributed by atoms with E-state index < -0.39 is 0 Å². The van der Waals surface area contributed by atoms with E-state index in [4.69, 9.17) is 0 Å². The van der Waals surface area contributed by atoms with Gasteiger partial charge < -0.3 is 0 Å². The molecule has 4 rings (SSSR count). The van der Waals surface area contributed by atoms with Crippen LogP contribution < -0.4 is 0 Å². The summed E-state index contributed by atoms with van der Waals surface area (Å²) in [4.78, 5) is 5.40. The van der Waals surface area contributed by atoms with Crippen molar-refractivity contribution >= 4 is 6.08 Å². The summed E-state index contributed by atoms with van der Waals surface area (Å²) >= 11 is 0. The molecule has 4 heteroatoms. The van der Waals surface area contributed by atoms with Crippen molar-refractivity contribution in [3.05, 3.63) is 60.4 Å². The standard InChI is InChI=1S/C21H28N4/c1-2-7-19(8-3-1)9-4-13-23-17-10-21-20(23)11-18-24(21)14-6-16-25-15-5-12-22-25/h1-5,7-9,12,15,20-21H,6,10-11,13-14,16-18H2/t20-,21-/m0/s1. The van der Waals surface area contributed by atoms with Crippen LogP contribution in [0.4, 0.5) is 0 Å². The zero-order chi connectivity index (χ0) is 16.9. The van der Waals surface area contributed by atoms with E-state index in [1.54, 1.807) is 0 Å². The highest BCUT2D eigenvalue weighted by Gasteiger charge is 2.41. The molecular formula is C21H28N4. The monoisotopic (exact) mass is 336 g/mol. The van der Waals surface area contributed by atoms with Gasteiger partial charge in [0.1, 0.15) is 0 Å². The number of hydrogen-bond donors (Lipinski definition) is 0. The van der Waals surface area contributed by atoms with E-state index in [-0.39, 0.29) is 0 Å². The van der Waals surface area contributed by atoms with E-state index in [2.05, 4.69) is 63.6 Å². The van der Waals surface area contributed by atoms with Crippen LogP contribution in [0.5, 0.6) is 0 Å². The predicted octanol–water partition coefficient (Wildman–Crippen LogP) is 3.14. The first-order valence-corrected chi connectivity index (χ1v) is 9.57. The zero-order valence-corrected chi connectivity index (χ0v) is 14.9. The van der Waals surface area contributed by atoms with Crippen LogP contribution in [-0.2, 0) is 6.54 Å². The van der Waals surface area contributed by atoms with E-state index in [1.807, 2.05) is 16.9 Å². The van der Waals surface area contributed by atoms with E-state index in [1.165, 1.54) is 44.5 Å². The van der Waals surface area contributed by atoms with Crippen LogP contribution in [0, 0.1) is 0 Å². The van der Waals surface area contributed by atoms with Crippen molar-refractivity contribution in [2.45, 2.75) is 37.9 Å². The Balaban J connectivity index is 1.24. The maximum Gasteiger partial charge on any atom is 0.0489 e. The molecule has 0 radical (unpaired) electrons. The Morgan fingerprint density at radius 2 is 1.76 bits per heavy atom. The third kappa shape index (κ3) is 4.02. The van der Waals surface area contributed by atoms with Gasteiger partial charge in [-0.1, -0.05) is 42.5 Å². The molecule has 2 atom stereocenters. The van der Waals surface area contributed by atoms with Gasteiger partial charge in [0.05, 0.1) is 0 Å². The normalized spacial score (nSPS) is 24.3. The molecule has 0 aliphatic carbocycles. The molecule has 2 saturated heterocycles. The van der Waals surface area contributed by atoms with Crippen LogP contribution in [-0.4, -0.2) is 57.8 Å². The largest absolute Gasteiger partial charge is 0.299 e. The first-order chi connectivity index (χ1) is 12.4. The van der Waals surface area contributed by atoms with Gasteiger partial charge in [-0.15, -0.1) is 0 Å². The lowest BCUT2D eigenvalue weighted by Gasteiger charge is -2.25. The fraction of sp³-hybridized carbons (Fsp3) is 0.476. The van der Waals surface area contributed by atoms with Crippen molar-refractivity contribution in [2.24, 2.45) is 0 Å². The Labute approximate surface area is 150 Å². The number of rotatable bonds is 7. The van der Waals surface area contributed by atoms with Crippen molar-refractivity contribution < 1.29 is 0 Å². The number of aryl methyl sites for hydroxylation is 1. The number of likely N-dealkylation sites (tertiary alicyclic amines) is 2. The van der Waals surface area contributed by atoms with Gasteiger partial charge >= 0.3 is 0 Å². The van der Waals surface area contributed by atoms with Crippen molar-refractivity contribution in [3.63, 3.8) is 0 Å². The smallest absolute Gasteiger partial charge is 0.0489 e. The van der Waals surface area contributed by atoms with E-state index >= 15 is 0 Å². The highest BCUT2D eigenvalue weighted by molar-refractivity contribution is 5.48. The Hall–Kier alpha value is -1.91. The van der Waals surface area contributed by atoms with Gasteiger partial charge in [-0.05, 0) is 30.9 Å². The Bertz CT molecular complexity index is 664. The summed E-state index contributed by atoms with van der Waals surface area (Å²) in [5, 5.41) is 4.30. The van der Waals surface area contributed by atoms with Gasteiger partial charge in [0.15, 0.2) is 0 Å². The van der Waals surface area contributed by atoms with Gasteiger partial charge in [0.25, 0.3) is 0 Å². The van der Waals surface area contributed by atoms with E-state index in [0.29, 0.717) is 0 Å². The molecule has 132 valence electrons. The molecule has 0 amide bonds. The first-order valence-electron chi connectivity index (χ1n) is 9.57. The van der Waals surface area contributed by atoms with Gasteiger partial charge in [0.2, 0.25) is 0 Å². The highest BCUT2D eigenvalue weighted by atomic mass is 15.3. The minimum atomic E-state index is 0.755. The molecule has 3 heterocycles. The number of nitrogens with zero attached hydrogens (tertiary/aromatic N) is 4. The maximum absolute atomic E-state index is 4.30. The third-order valence-electron chi connectivity index (χ3n) is 5.65. The predicted molar refractivity (Wildman–Crippen MR) is 102 cm³/mol. The van der Waals surface area contributed by atoms with Crippen LogP contribution in [0.2, 0.25) is 0 Å². The SMILES string of the molecule is C(=Cc1ccccc1)CN1CC[C@H]2[C@@H]1CCN2CCCn1cccn1. The Morgan fingerprint density at radius 1 is 0.960 bits per heavy atom. The minimum Gasteiger partial charge on any atom is -0.299 e. The fourth-order valence-corrected chi connectivity index (χ4v) is 4.43. The van der Waals surface area contributed by atoms with Gasteiger partial charge in [0, 0.05) is 57.2 Å². The summed E-state index contributed by atoms with van der Waals surface area (Å²) in [5.41, 5.74) is 1.30. The summed E-state index contributed by atoms with van der Waals surface area (Å²) in [7, 11) is 0. The topological polar surface area (TPSA) is 24.3 Å². The van der Waals surface area contributed by atoms with Crippen molar-refractivity contribution in [1.82, 2.24) is 19.6 Å². The van der Waals surface area contributed by atoms with Crippen LogP contribution in [0.3, 0.4) is 0 Å². The van der Waals surface area contributed by atoms with Crippen molar-refractivity contribution in [3.8, 4) is 0 Å². The maximum atomic E-state index is 4.30. The molecule has 0 spiro atoms. The molecule has 2 fully saturated rings. The third-order valence-corrected chi connectivity index (χ3v) is 5.65. The number of fused-ring (bicyclic) bond motifs is 1. The molecule has 0 saturated carbocycles. The molecule has 2 aromatic rings. The molecule has 2 aliphatic rings. The molecular weight excluding hydrogens is 308 g/mol. The number of aromatic nitrogens is 2. The second kappa shape index (κ2) is 7.98.